The van der Waals surface area contributed by atoms with E-state index in [0.717, 1.165) is 18.2 Å². The zero-order valence-electron chi connectivity index (χ0n) is 17.9. The Morgan fingerprint density at radius 1 is 1.09 bits per heavy atom. The first-order valence-corrected chi connectivity index (χ1v) is 10.1. The summed E-state index contributed by atoms with van der Waals surface area (Å²) in [5, 5.41) is 25.9. The van der Waals surface area contributed by atoms with Crippen LogP contribution in [0.1, 0.15) is 21.5 Å². The van der Waals surface area contributed by atoms with Crippen LogP contribution >= 0.6 is 11.6 Å². The summed E-state index contributed by atoms with van der Waals surface area (Å²) in [5.41, 5.74) is 1.29. The molecule has 0 unspecified atom stereocenters. The van der Waals surface area contributed by atoms with E-state index in [1.807, 2.05) is 0 Å². The van der Waals surface area contributed by atoms with Crippen LogP contribution in [0, 0.1) is 26.0 Å². The lowest BCUT2D eigenvalue weighted by Crippen LogP contribution is -2.18. The minimum Gasteiger partial charge on any atom is -0.493 e. The van der Waals surface area contributed by atoms with Gasteiger partial charge in [0.1, 0.15) is 12.4 Å². The third-order valence-electron chi connectivity index (χ3n) is 4.59. The summed E-state index contributed by atoms with van der Waals surface area (Å²) >= 11 is 6.00. The van der Waals surface area contributed by atoms with Crippen LogP contribution < -0.4 is 14.9 Å². The molecule has 0 heterocycles. The number of ether oxygens (including phenoxy) is 2. The molecule has 3 rings (SSSR count). The number of amides is 1. The highest BCUT2D eigenvalue weighted by molar-refractivity contribution is 6.31. The predicted molar refractivity (Wildman–Crippen MR) is 124 cm³/mol. The number of carbonyl (C=O) groups is 1. The van der Waals surface area contributed by atoms with Crippen molar-refractivity contribution >= 4 is 35.1 Å². The Morgan fingerprint density at radius 3 is 2.37 bits per heavy atom. The minimum absolute atomic E-state index is 0.138. The van der Waals surface area contributed by atoms with Crippen LogP contribution in [-0.2, 0) is 6.61 Å². The predicted octanol–water partition coefficient (Wildman–Crippen LogP) is 4.65. The highest BCUT2D eigenvalue weighted by Gasteiger charge is 2.19. The zero-order valence-corrected chi connectivity index (χ0v) is 18.7. The van der Waals surface area contributed by atoms with Gasteiger partial charge in [0.2, 0.25) is 0 Å². The van der Waals surface area contributed by atoms with Crippen LogP contribution in [0.2, 0.25) is 5.02 Å². The number of hydrogen-bond acceptors (Lipinski definition) is 8. The summed E-state index contributed by atoms with van der Waals surface area (Å²) in [6.45, 7) is -0.138. The van der Waals surface area contributed by atoms with E-state index >= 15 is 0 Å². The number of nitrogens with zero attached hydrogens (tertiary/aromatic N) is 3. The van der Waals surface area contributed by atoms with Gasteiger partial charge < -0.3 is 9.47 Å². The van der Waals surface area contributed by atoms with E-state index in [1.54, 1.807) is 18.2 Å². The van der Waals surface area contributed by atoms with Crippen molar-refractivity contribution in [3.05, 3.63) is 102 Å². The maximum atomic E-state index is 13.9. The molecule has 0 bridgehead atoms. The quantitative estimate of drug-likeness (QED) is 0.254. The number of nitro groups is 2. The Labute approximate surface area is 202 Å². The largest absolute Gasteiger partial charge is 0.493 e. The van der Waals surface area contributed by atoms with Crippen molar-refractivity contribution < 1.29 is 28.5 Å². The van der Waals surface area contributed by atoms with Crippen molar-refractivity contribution in [1.82, 2.24) is 5.43 Å². The molecular weight excluding hydrogens is 487 g/mol. The molecule has 0 saturated heterocycles. The average molecular weight is 503 g/mol. The van der Waals surface area contributed by atoms with Gasteiger partial charge in [-0.2, -0.15) is 5.10 Å². The molecule has 0 spiro atoms. The Hall–Kier alpha value is -4.58. The molecule has 35 heavy (non-hydrogen) atoms. The summed E-state index contributed by atoms with van der Waals surface area (Å²) in [5.74, 6) is -0.800. The van der Waals surface area contributed by atoms with Crippen molar-refractivity contribution in [2.45, 2.75) is 6.61 Å². The number of rotatable bonds is 9. The Bertz CT molecular complexity index is 1280. The van der Waals surface area contributed by atoms with Crippen LogP contribution in [-0.4, -0.2) is 29.1 Å². The lowest BCUT2D eigenvalue weighted by molar-refractivity contribution is -0.394. The zero-order chi connectivity index (χ0) is 25.5. The van der Waals surface area contributed by atoms with E-state index < -0.39 is 32.9 Å². The van der Waals surface area contributed by atoms with Crippen LogP contribution in [0.5, 0.6) is 11.5 Å². The molecule has 1 amide bonds. The van der Waals surface area contributed by atoms with Crippen LogP contribution in [0.4, 0.5) is 15.8 Å². The lowest BCUT2D eigenvalue weighted by atomic mass is 10.1. The first kappa shape index (κ1) is 25.1. The molecule has 0 saturated carbocycles. The van der Waals surface area contributed by atoms with E-state index in [2.05, 4.69) is 10.5 Å². The smallest absolute Gasteiger partial charge is 0.277 e. The van der Waals surface area contributed by atoms with E-state index in [1.165, 1.54) is 31.5 Å². The number of methoxy groups -OCH3 is 1. The van der Waals surface area contributed by atoms with Gasteiger partial charge in [0.15, 0.2) is 11.5 Å². The maximum Gasteiger partial charge on any atom is 0.277 e. The minimum atomic E-state index is -0.887. The molecular formula is C22H16ClFN4O7. The van der Waals surface area contributed by atoms with Crippen molar-refractivity contribution in [3.63, 3.8) is 0 Å². The number of carbonyl (C=O) groups excluding carboxylic acids is 1. The molecule has 0 atom stereocenters. The number of benzene rings is 3. The van der Waals surface area contributed by atoms with Gasteiger partial charge in [0.05, 0.1) is 39.8 Å². The summed E-state index contributed by atoms with van der Waals surface area (Å²) in [6, 6.07) is 11.5. The van der Waals surface area contributed by atoms with Crippen molar-refractivity contribution in [2.75, 3.05) is 7.11 Å². The van der Waals surface area contributed by atoms with Crippen LogP contribution in [0.3, 0.4) is 0 Å². The molecule has 11 nitrogen and oxygen atoms in total. The van der Waals surface area contributed by atoms with E-state index in [9.17, 15) is 29.4 Å². The molecule has 0 aliphatic rings. The molecule has 1 N–H and O–H groups in total. The fourth-order valence-corrected chi connectivity index (χ4v) is 3.09. The number of nitrogens with one attached hydrogen (secondary N) is 1. The fraction of sp³-hybridized carbons (Fsp3) is 0.0909. The summed E-state index contributed by atoms with van der Waals surface area (Å²) in [6.07, 6.45) is 1.25. The molecule has 13 heteroatoms. The van der Waals surface area contributed by atoms with Gasteiger partial charge in [-0.05, 0) is 35.9 Å². The Kier molecular flexibility index (Phi) is 7.89. The summed E-state index contributed by atoms with van der Waals surface area (Å²) in [7, 11) is 1.40. The highest BCUT2D eigenvalue weighted by Crippen LogP contribution is 2.30. The lowest BCUT2D eigenvalue weighted by Gasteiger charge is -2.12. The second-order valence-corrected chi connectivity index (χ2v) is 7.26. The van der Waals surface area contributed by atoms with E-state index in [4.69, 9.17) is 21.1 Å². The van der Waals surface area contributed by atoms with Crippen LogP contribution in [0.15, 0.2) is 59.7 Å². The van der Waals surface area contributed by atoms with Gasteiger partial charge >= 0.3 is 0 Å². The molecule has 0 fully saturated rings. The van der Waals surface area contributed by atoms with Gasteiger partial charge in [-0.3, -0.25) is 25.0 Å². The molecule has 3 aromatic rings. The van der Waals surface area contributed by atoms with Crippen molar-refractivity contribution in [2.24, 2.45) is 5.10 Å². The average Bonchev–Trinajstić information content (AvgIpc) is 2.83. The molecule has 180 valence electrons. The van der Waals surface area contributed by atoms with Gasteiger partial charge in [-0.1, -0.05) is 17.7 Å². The Morgan fingerprint density at radius 2 is 1.77 bits per heavy atom. The van der Waals surface area contributed by atoms with Crippen LogP contribution in [0.25, 0.3) is 0 Å². The number of hydrazone groups is 1. The number of non-ortho nitro benzene ring substituents is 2. The van der Waals surface area contributed by atoms with Gasteiger partial charge in [-0.25, -0.2) is 9.82 Å². The molecule has 3 aromatic carbocycles. The van der Waals surface area contributed by atoms with Crippen molar-refractivity contribution in [3.8, 4) is 11.5 Å². The first-order chi connectivity index (χ1) is 16.7. The normalized spacial score (nSPS) is 10.7. The van der Waals surface area contributed by atoms with Gasteiger partial charge in [-0.15, -0.1) is 0 Å². The molecule has 0 aliphatic heterocycles. The number of hydrogen-bond donors (Lipinski definition) is 1. The van der Waals surface area contributed by atoms with E-state index in [-0.39, 0.29) is 22.8 Å². The molecule has 0 aromatic heterocycles. The fourth-order valence-electron chi connectivity index (χ4n) is 2.87. The monoisotopic (exact) mass is 502 g/mol. The van der Waals surface area contributed by atoms with Gasteiger partial charge in [0.25, 0.3) is 17.3 Å². The topological polar surface area (TPSA) is 146 Å². The standard InChI is InChI=1S/C22H16ClFN4O7/c1-34-21-7-13(5-6-20(21)35-12-17-18(23)3-2-4-19(17)24)11-25-26-22(29)14-8-15(27(30)31)10-16(9-14)28(32)33/h2-11H,12H2,1H3,(H,26,29)/b25-11+. The maximum absolute atomic E-state index is 13.9. The SMILES string of the molecule is COc1cc(/C=N/NC(=O)c2cc([N+](=O)[O-])cc([N+](=O)[O-])c2)ccc1OCc1c(F)cccc1Cl. The third-order valence-corrected chi connectivity index (χ3v) is 4.94. The molecule has 0 aliphatic carbocycles. The Balaban J connectivity index is 1.71. The second kappa shape index (κ2) is 11.0. The number of halogens is 2. The highest BCUT2D eigenvalue weighted by atomic mass is 35.5. The first-order valence-electron chi connectivity index (χ1n) is 9.70. The summed E-state index contributed by atoms with van der Waals surface area (Å²) in [4.78, 5) is 32.5. The second-order valence-electron chi connectivity index (χ2n) is 6.85. The number of nitro benzene ring substituents is 2. The summed E-state index contributed by atoms with van der Waals surface area (Å²) < 4.78 is 24.8. The van der Waals surface area contributed by atoms with Crippen molar-refractivity contribution in [1.29, 1.82) is 0 Å². The molecule has 0 radical (unpaired) electrons. The van der Waals surface area contributed by atoms with Gasteiger partial charge in [0, 0.05) is 17.7 Å². The van der Waals surface area contributed by atoms with E-state index in [0.29, 0.717) is 17.1 Å². The third kappa shape index (κ3) is 6.26.